The van der Waals surface area contributed by atoms with Crippen LogP contribution >= 0.6 is 0 Å². The largest absolute Gasteiger partial charge is 0.444 e. The number of hydrogen-bond donors (Lipinski definition) is 3. The van der Waals surface area contributed by atoms with E-state index in [0.29, 0.717) is 30.1 Å². The van der Waals surface area contributed by atoms with Crippen LogP contribution < -0.4 is 11.1 Å². The molecule has 0 spiro atoms. The first-order valence-corrected chi connectivity index (χ1v) is 6.54. The maximum absolute atomic E-state index is 13.9. The molecule has 1 heterocycles. The van der Waals surface area contributed by atoms with E-state index in [0.717, 1.165) is 12.2 Å². The number of aryl methyl sites for hydroxylation is 1. The van der Waals surface area contributed by atoms with Crippen LogP contribution in [0.4, 0.5) is 4.39 Å². The fourth-order valence-electron chi connectivity index (χ4n) is 1.81. The quantitative estimate of drug-likeness (QED) is 0.326. The highest BCUT2D eigenvalue weighted by molar-refractivity contribution is 5.97. The van der Waals surface area contributed by atoms with E-state index in [1.165, 1.54) is 6.07 Å². The number of nitrogens with two attached hydrogens (primary N) is 1. The molecule has 21 heavy (non-hydrogen) atoms. The summed E-state index contributed by atoms with van der Waals surface area (Å²) in [5.74, 6) is 0.843. The third-order valence-electron chi connectivity index (χ3n) is 3.00. The molecule has 1 aromatic heterocycles. The average molecular weight is 292 g/mol. The van der Waals surface area contributed by atoms with Crippen LogP contribution in [0.3, 0.4) is 0 Å². The molecule has 7 heteroatoms. The molecule has 0 bridgehead atoms. The van der Waals surface area contributed by atoms with Gasteiger partial charge in [-0.15, -0.1) is 0 Å². The molecule has 2 rings (SSSR count). The molecule has 0 aliphatic rings. The lowest BCUT2D eigenvalue weighted by molar-refractivity contribution is 0.318. The SMILES string of the molecule is CCc1cnc(CNCc2ccc(/C(N)=N/O)cc2F)o1. The molecule has 2 aromatic rings. The van der Waals surface area contributed by atoms with Crippen molar-refractivity contribution in [3.05, 3.63) is 53.0 Å². The van der Waals surface area contributed by atoms with E-state index in [4.69, 9.17) is 15.4 Å². The number of benzene rings is 1. The number of oxazole rings is 1. The number of amidine groups is 1. The second kappa shape index (κ2) is 6.85. The van der Waals surface area contributed by atoms with Gasteiger partial charge in [0.1, 0.15) is 11.6 Å². The van der Waals surface area contributed by atoms with Gasteiger partial charge in [0.2, 0.25) is 5.89 Å². The summed E-state index contributed by atoms with van der Waals surface area (Å²) in [6, 6.07) is 4.41. The van der Waals surface area contributed by atoms with E-state index < -0.39 is 5.82 Å². The zero-order chi connectivity index (χ0) is 15.2. The van der Waals surface area contributed by atoms with Gasteiger partial charge in [-0.05, 0) is 6.07 Å². The van der Waals surface area contributed by atoms with Gasteiger partial charge in [0.25, 0.3) is 0 Å². The van der Waals surface area contributed by atoms with Gasteiger partial charge in [-0.2, -0.15) is 0 Å². The Morgan fingerprint density at radius 1 is 1.48 bits per heavy atom. The van der Waals surface area contributed by atoms with Gasteiger partial charge in [-0.3, -0.25) is 0 Å². The van der Waals surface area contributed by atoms with Crippen molar-refractivity contribution in [2.45, 2.75) is 26.4 Å². The molecule has 0 saturated carbocycles. The second-order valence-electron chi connectivity index (χ2n) is 4.47. The summed E-state index contributed by atoms with van der Waals surface area (Å²) in [6.07, 6.45) is 2.47. The molecule has 6 nitrogen and oxygen atoms in total. The number of rotatable bonds is 6. The molecule has 0 amide bonds. The first-order valence-electron chi connectivity index (χ1n) is 6.54. The molecular weight excluding hydrogens is 275 g/mol. The fraction of sp³-hybridized carbons (Fsp3) is 0.286. The van der Waals surface area contributed by atoms with E-state index in [9.17, 15) is 4.39 Å². The molecule has 0 aliphatic carbocycles. The molecule has 0 saturated heterocycles. The van der Waals surface area contributed by atoms with Crippen LogP contribution in [0.5, 0.6) is 0 Å². The molecule has 0 aliphatic heterocycles. The van der Waals surface area contributed by atoms with Crippen LogP contribution in [-0.2, 0) is 19.5 Å². The zero-order valence-electron chi connectivity index (χ0n) is 11.6. The lowest BCUT2D eigenvalue weighted by Crippen LogP contribution is -2.16. The van der Waals surface area contributed by atoms with Gasteiger partial charge in [0.05, 0.1) is 12.7 Å². The van der Waals surface area contributed by atoms with Crippen molar-refractivity contribution in [1.82, 2.24) is 10.3 Å². The van der Waals surface area contributed by atoms with Gasteiger partial charge in [-0.25, -0.2) is 9.37 Å². The maximum atomic E-state index is 13.9. The van der Waals surface area contributed by atoms with Gasteiger partial charge in [0.15, 0.2) is 5.84 Å². The Morgan fingerprint density at radius 2 is 2.29 bits per heavy atom. The van der Waals surface area contributed by atoms with E-state index in [-0.39, 0.29) is 5.84 Å². The number of hydrogen-bond acceptors (Lipinski definition) is 5. The molecule has 0 atom stereocenters. The first kappa shape index (κ1) is 15.0. The topological polar surface area (TPSA) is 96.7 Å². The Kier molecular flexibility index (Phi) is 4.89. The third-order valence-corrected chi connectivity index (χ3v) is 3.00. The lowest BCUT2D eigenvalue weighted by atomic mass is 10.1. The standard InChI is InChI=1S/C14H17FN4O2/c1-2-11-7-18-13(21-11)8-17-6-10-4-3-9(5-12(10)15)14(16)19-20/h3-5,7,17,20H,2,6,8H2,1H3,(H2,16,19). The first-order chi connectivity index (χ1) is 10.1. The number of nitrogens with one attached hydrogen (secondary N) is 1. The van der Waals surface area contributed by atoms with Crippen molar-refractivity contribution in [3.63, 3.8) is 0 Å². The van der Waals surface area contributed by atoms with Crippen molar-refractivity contribution in [2.75, 3.05) is 0 Å². The third kappa shape index (κ3) is 3.79. The van der Waals surface area contributed by atoms with Crippen LogP contribution in [0.1, 0.15) is 29.7 Å². The Labute approximate surface area is 121 Å². The van der Waals surface area contributed by atoms with Gasteiger partial charge >= 0.3 is 0 Å². The van der Waals surface area contributed by atoms with Crippen molar-refractivity contribution < 1.29 is 14.0 Å². The normalized spacial score (nSPS) is 11.8. The van der Waals surface area contributed by atoms with Crippen molar-refractivity contribution >= 4 is 5.84 Å². The van der Waals surface area contributed by atoms with Crippen LogP contribution in [0.25, 0.3) is 0 Å². The Morgan fingerprint density at radius 3 is 2.90 bits per heavy atom. The molecule has 112 valence electrons. The predicted octanol–water partition coefficient (Wildman–Crippen LogP) is 1.76. The number of aromatic nitrogens is 1. The minimum atomic E-state index is -0.423. The van der Waals surface area contributed by atoms with E-state index in [1.54, 1.807) is 18.3 Å². The molecule has 4 N–H and O–H groups in total. The van der Waals surface area contributed by atoms with Crippen LogP contribution in [0.15, 0.2) is 34.0 Å². The van der Waals surface area contributed by atoms with E-state index in [2.05, 4.69) is 15.5 Å². The van der Waals surface area contributed by atoms with Crippen LogP contribution in [-0.4, -0.2) is 16.0 Å². The highest BCUT2D eigenvalue weighted by Crippen LogP contribution is 2.11. The summed E-state index contributed by atoms with van der Waals surface area (Å²) < 4.78 is 19.3. The van der Waals surface area contributed by atoms with E-state index in [1.807, 2.05) is 6.92 Å². The number of oxime groups is 1. The Balaban J connectivity index is 1.94. The Bertz CT molecular complexity index is 640. The molecule has 0 fully saturated rings. The molecule has 0 radical (unpaired) electrons. The summed E-state index contributed by atoms with van der Waals surface area (Å²) in [5.41, 5.74) is 6.21. The highest BCUT2D eigenvalue weighted by Gasteiger charge is 2.07. The highest BCUT2D eigenvalue weighted by atomic mass is 19.1. The average Bonchev–Trinajstić information content (AvgIpc) is 2.96. The van der Waals surface area contributed by atoms with Gasteiger partial charge in [-0.1, -0.05) is 24.2 Å². The maximum Gasteiger partial charge on any atom is 0.208 e. The predicted molar refractivity (Wildman–Crippen MR) is 75.3 cm³/mol. The van der Waals surface area contributed by atoms with Crippen molar-refractivity contribution in [2.24, 2.45) is 10.9 Å². The van der Waals surface area contributed by atoms with Crippen molar-refractivity contribution in [3.8, 4) is 0 Å². The fourth-order valence-corrected chi connectivity index (χ4v) is 1.81. The number of halogens is 1. The summed E-state index contributed by atoms with van der Waals surface area (Å²) in [5, 5.41) is 14.4. The van der Waals surface area contributed by atoms with Crippen molar-refractivity contribution in [1.29, 1.82) is 0 Å². The molecule has 1 aromatic carbocycles. The zero-order valence-corrected chi connectivity index (χ0v) is 11.6. The monoisotopic (exact) mass is 292 g/mol. The summed E-state index contributed by atoms with van der Waals surface area (Å²) >= 11 is 0. The summed E-state index contributed by atoms with van der Waals surface area (Å²) in [4.78, 5) is 4.11. The van der Waals surface area contributed by atoms with E-state index >= 15 is 0 Å². The minimum Gasteiger partial charge on any atom is -0.444 e. The Hall–Kier alpha value is -2.41. The summed E-state index contributed by atoms with van der Waals surface area (Å²) in [6.45, 7) is 2.73. The number of nitrogens with zero attached hydrogens (tertiary/aromatic N) is 2. The smallest absolute Gasteiger partial charge is 0.208 e. The summed E-state index contributed by atoms with van der Waals surface area (Å²) in [7, 11) is 0. The van der Waals surface area contributed by atoms with Crippen LogP contribution in [0, 0.1) is 5.82 Å². The van der Waals surface area contributed by atoms with Gasteiger partial charge in [0, 0.05) is 24.1 Å². The molecule has 0 unspecified atom stereocenters. The molecular formula is C14H17FN4O2. The second-order valence-corrected chi connectivity index (χ2v) is 4.47. The van der Waals surface area contributed by atoms with Gasteiger partial charge < -0.3 is 20.7 Å². The van der Waals surface area contributed by atoms with Crippen LogP contribution in [0.2, 0.25) is 0 Å². The lowest BCUT2D eigenvalue weighted by Gasteiger charge is -2.06. The minimum absolute atomic E-state index is 0.125.